The molecular weight excluding hydrogens is 402 g/mol. The van der Waals surface area contributed by atoms with Gasteiger partial charge in [-0.2, -0.15) is 13.5 Å². The number of nitro groups is 1. The van der Waals surface area contributed by atoms with Gasteiger partial charge < -0.3 is 14.9 Å². The fourth-order valence-electron chi connectivity index (χ4n) is 5.09. The molecule has 162 valence electrons. The summed E-state index contributed by atoms with van der Waals surface area (Å²) in [5.41, 5.74) is 3.43. The van der Waals surface area contributed by atoms with Crippen molar-refractivity contribution in [2.75, 3.05) is 13.1 Å². The van der Waals surface area contributed by atoms with Crippen LogP contribution in [-0.4, -0.2) is 43.0 Å². The molecule has 30 heavy (non-hydrogen) atoms. The van der Waals surface area contributed by atoms with E-state index in [0.717, 1.165) is 26.1 Å². The smallest absolute Gasteiger partial charge is 0.415 e. The first kappa shape index (κ1) is 21.1. The Bertz CT molecular complexity index is 917. The molecule has 2 aromatic rings. The summed E-state index contributed by atoms with van der Waals surface area (Å²) in [6.45, 7) is 5.21. The maximum Gasteiger partial charge on any atom is 0.415 e. The number of imidazole rings is 1. The molecule has 1 saturated carbocycles. The molecule has 9 heteroatoms. The SMILES string of the molecule is C[C@]1(CN2CCc3nc(C4CCCCC4)ccc3C2)Cn2cc([N+](=O)[O-])nc2O1.S. The Morgan fingerprint density at radius 1 is 1.27 bits per heavy atom. The summed E-state index contributed by atoms with van der Waals surface area (Å²) in [6, 6.07) is 4.85. The summed E-state index contributed by atoms with van der Waals surface area (Å²) < 4.78 is 7.75. The second-order valence-corrected chi connectivity index (χ2v) is 8.96. The second kappa shape index (κ2) is 8.19. The van der Waals surface area contributed by atoms with Crippen LogP contribution in [0.15, 0.2) is 18.3 Å². The fraction of sp³-hybridized carbons (Fsp3) is 0.619. The predicted octanol–water partition coefficient (Wildman–Crippen LogP) is 3.56. The van der Waals surface area contributed by atoms with Crippen LogP contribution >= 0.6 is 13.5 Å². The molecule has 1 atom stereocenters. The third-order valence-electron chi connectivity index (χ3n) is 6.49. The molecule has 0 unspecified atom stereocenters. The van der Waals surface area contributed by atoms with Crippen LogP contribution in [0.3, 0.4) is 0 Å². The zero-order valence-corrected chi connectivity index (χ0v) is 18.3. The molecule has 0 amide bonds. The van der Waals surface area contributed by atoms with E-state index < -0.39 is 10.5 Å². The topological polar surface area (TPSA) is 86.3 Å². The van der Waals surface area contributed by atoms with Crippen molar-refractivity contribution in [2.45, 2.75) is 70.1 Å². The van der Waals surface area contributed by atoms with E-state index >= 15 is 0 Å². The van der Waals surface area contributed by atoms with Crippen molar-refractivity contribution in [3.63, 3.8) is 0 Å². The van der Waals surface area contributed by atoms with Gasteiger partial charge in [-0.25, -0.2) is 0 Å². The van der Waals surface area contributed by atoms with E-state index in [1.807, 2.05) is 6.92 Å². The lowest BCUT2D eigenvalue weighted by atomic mass is 9.86. The molecule has 5 rings (SSSR count). The third-order valence-corrected chi connectivity index (χ3v) is 6.49. The summed E-state index contributed by atoms with van der Waals surface area (Å²) in [5, 5.41) is 10.9. The lowest BCUT2D eigenvalue weighted by molar-refractivity contribution is -0.389. The molecule has 0 N–H and O–H groups in total. The first-order valence-corrected chi connectivity index (χ1v) is 10.6. The Hall–Kier alpha value is -2.13. The highest BCUT2D eigenvalue weighted by Gasteiger charge is 2.41. The van der Waals surface area contributed by atoms with Crippen molar-refractivity contribution in [1.29, 1.82) is 0 Å². The molecule has 0 saturated heterocycles. The quantitative estimate of drug-likeness (QED) is 0.543. The number of fused-ring (bicyclic) bond motifs is 2. The summed E-state index contributed by atoms with van der Waals surface area (Å²) in [5.74, 6) is 0.484. The zero-order valence-electron chi connectivity index (χ0n) is 17.3. The van der Waals surface area contributed by atoms with Crippen LogP contribution in [0.4, 0.5) is 5.82 Å². The molecular formula is C21H29N5O3S. The summed E-state index contributed by atoms with van der Waals surface area (Å²) >= 11 is 0. The van der Waals surface area contributed by atoms with Crippen LogP contribution in [-0.2, 0) is 19.5 Å². The minimum atomic E-state index is -0.484. The van der Waals surface area contributed by atoms with Gasteiger partial charge in [0, 0.05) is 48.3 Å². The number of pyridine rings is 1. The van der Waals surface area contributed by atoms with Crippen LogP contribution in [0, 0.1) is 10.1 Å². The van der Waals surface area contributed by atoms with Gasteiger partial charge in [0.1, 0.15) is 11.8 Å². The first-order chi connectivity index (χ1) is 14.0. The number of nitrogens with zero attached hydrogens (tertiary/aromatic N) is 5. The number of hydrogen-bond donors (Lipinski definition) is 0. The molecule has 0 bridgehead atoms. The van der Waals surface area contributed by atoms with Gasteiger partial charge in [-0.15, -0.1) is 0 Å². The second-order valence-electron chi connectivity index (χ2n) is 8.96. The minimum Gasteiger partial charge on any atom is -0.436 e. The Morgan fingerprint density at radius 2 is 2.07 bits per heavy atom. The normalized spacial score (nSPS) is 23.9. The molecule has 0 spiro atoms. The molecule has 0 radical (unpaired) electrons. The van der Waals surface area contributed by atoms with E-state index in [2.05, 4.69) is 22.0 Å². The van der Waals surface area contributed by atoms with Gasteiger partial charge in [0.05, 0.1) is 6.54 Å². The lowest BCUT2D eigenvalue weighted by Crippen LogP contribution is -2.46. The molecule has 8 nitrogen and oxygen atoms in total. The molecule has 2 aliphatic heterocycles. The van der Waals surface area contributed by atoms with E-state index in [0.29, 0.717) is 18.5 Å². The van der Waals surface area contributed by atoms with Crippen molar-refractivity contribution >= 4 is 19.3 Å². The third kappa shape index (κ3) is 4.05. The van der Waals surface area contributed by atoms with Crippen molar-refractivity contribution in [1.82, 2.24) is 19.4 Å². The standard InChI is InChI=1S/C21H27N5O3.H2S/c1-21(14-25-12-19(26(27)28)23-20(25)29-21)13-24-10-9-18-16(11-24)7-8-17(22-18)15-5-3-2-4-6-15;/h7-8,12,15H,2-6,9-11,13-14H2,1H3;1H2/t21-;/m0./s1. The highest BCUT2D eigenvalue weighted by molar-refractivity contribution is 7.59. The number of aromatic nitrogens is 3. The molecule has 1 aliphatic carbocycles. The number of hydrogen-bond acceptors (Lipinski definition) is 6. The molecule has 3 aliphatic rings. The molecule has 4 heterocycles. The largest absolute Gasteiger partial charge is 0.436 e. The summed E-state index contributed by atoms with van der Waals surface area (Å²) in [6.07, 6.45) is 9.00. The van der Waals surface area contributed by atoms with Crippen molar-refractivity contribution < 1.29 is 9.66 Å². The lowest BCUT2D eigenvalue weighted by Gasteiger charge is -2.34. The van der Waals surface area contributed by atoms with Gasteiger partial charge in [-0.3, -0.25) is 14.5 Å². The summed E-state index contributed by atoms with van der Waals surface area (Å²) in [4.78, 5) is 21.8. The van der Waals surface area contributed by atoms with Crippen LogP contribution in [0.5, 0.6) is 6.01 Å². The van der Waals surface area contributed by atoms with E-state index in [-0.39, 0.29) is 19.3 Å². The van der Waals surface area contributed by atoms with Crippen molar-refractivity contribution in [3.05, 3.63) is 45.4 Å². The average molecular weight is 432 g/mol. The average Bonchev–Trinajstić information content (AvgIpc) is 3.23. The Morgan fingerprint density at radius 3 is 2.80 bits per heavy atom. The maximum atomic E-state index is 10.9. The maximum absolute atomic E-state index is 10.9. The van der Waals surface area contributed by atoms with E-state index in [1.165, 1.54) is 55.3 Å². The van der Waals surface area contributed by atoms with E-state index in [9.17, 15) is 10.1 Å². The first-order valence-electron chi connectivity index (χ1n) is 10.6. The van der Waals surface area contributed by atoms with Gasteiger partial charge in [-0.05, 0) is 36.3 Å². The minimum absolute atomic E-state index is 0. The molecule has 0 aromatic carbocycles. The van der Waals surface area contributed by atoms with Crippen LogP contribution in [0.2, 0.25) is 0 Å². The van der Waals surface area contributed by atoms with Gasteiger partial charge in [0.15, 0.2) is 0 Å². The van der Waals surface area contributed by atoms with Crippen molar-refractivity contribution in [3.8, 4) is 6.01 Å². The Balaban J connectivity index is 0.00000218. The predicted molar refractivity (Wildman–Crippen MR) is 117 cm³/mol. The molecule has 1 fully saturated rings. The van der Waals surface area contributed by atoms with Crippen molar-refractivity contribution in [2.24, 2.45) is 0 Å². The Kier molecular flexibility index (Phi) is 5.76. The van der Waals surface area contributed by atoms with Gasteiger partial charge >= 0.3 is 11.8 Å². The highest BCUT2D eigenvalue weighted by Crippen LogP contribution is 2.34. The van der Waals surface area contributed by atoms with E-state index in [4.69, 9.17) is 9.72 Å². The zero-order chi connectivity index (χ0) is 20.0. The fourth-order valence-corrected chi connectivity index (χ4v) is 5.09. The summed E-state index contributed by atoms with van der Waals surface area (Å²) in [7, 11) is 0. The van der Waals surface area contributed by atoms with Gasteiger partial charge in [0.25, 0.3) is 0 Å². The van der Waals surface area contributed by atoms with Gasteiger partial charge in [0.2, 0.25) is 0 Å². The highest BCUT2D eigenvalue weighted by atomic mass is 32.1. The van der Waals surface area contributed by atoms with Gasteiger partial charge in [-0.1, -0.05) is 25.3 Å². The van der Waals surface area contributed by atoms with Crippen LogP contribution in [0.25, 0.3) is 0 Å². The van der Waals surface area contributed by atoms with E-state index in [1.54, 1.807) is 4.57 Å². The monoisotopic (exact) mass is 431 g/mol. The number of rotatable bonds is 4. The van der Waals surface area contributed by atoms with Crippen LogP contribution < -0.4 is 4.74 Å². The van der Waals surface area contributed by atoms with Crippen LogP contribution in [0.1, 0.15) is 61.9 Å². The number of ether oxygens (including phenoxy) is 1. The Labute approximate surface area is 183 Å². The molecule has 2 aromatic heterocycles.